The average Bonchev–Trinajstić information content (AvgIpc) is 3.17. The number of esters is 1. The van der Waals surface area contributed by atoms with E-state index in [4.69, 9.17) is 4.74 Å². The molecule has 0 bridgehead atoms. The van der Waals surface area contributed by atoms with Crippen LogP contribution in [0.25, 0.3) is 17.2 Å². The van der Waals surface area contributed by atoms with E-state index in [-0.39, 0.29) is 17.7 Å². The standard InChI is InChI=1S/C22H17N3O3S/c1-2-28-22(27)19-18(16-8-4-3-5-9-16)14-29-21(19)25-20(26)17(12-23)11-15-7-6-10-24-13-15/h3-11,13-14H,2H2,1H3,(H,25,26)/b17-11-. The first kappa shape index (κ1) is 20.0. The molecule has 2 aromatic heterocycles. The molecule has 0 saturated carbocycles. The van der Waals surface area contributed by atoms with Crippen molar-refractivity contribution in [2.45, 2.75) is 6.92 Å². The molecule has 2 heterocycles. The number of amides is 1. The molecule has 7 heteroatoms. The molecule has 0 aliphatic carbocycles. The Morgan fingerprint density at radius 3 is 2.69 bits per heavy atom. The lowest BCUT2D eigenvalue weighted by atomic mass is 10.0. The molecule has 0 fully saturated rings. The van der Waals surface area contributed by atoms with Gasteiger partial charge in [0.25, 0.3) is 5.91 Å². The van der Waals surface area contributed by atoms with Gasteiger partial charge >= 0.3 is 5.97 Å². The SMILES string of the molecule is CCOC(=O)c1c(-c2ccccc2)csc1NC(=O)/C(C#N)=C\c1cccnc1. The highest BCUT2D eigenvalue weighted by molar-refractivity contribution is 7.15. The van der Waals surface area contributed by atoms with Crippen LogP contribution in [0.5, 0.6) is 0 Å². The fourth-order valence-electron chi connectivity index (χ4n) is 2.63. The van der Waals surface area contributed by atoms with Crippen LogP contribution < -0.4 is 5.32 Å². The van der Waals surface area contributed by atoms with Gasteiger partial charge in [0.05, 0.1) is 6.61 Å². The van der Waals surface area contributed by atoms with Crippen molar-refractivity contribution in [1.82, 2.24) is 4.98 Å². The van der Waals surface area contributed by atoms with Gasteiger partial charge in [0.15, 0.2) is 0 Å². The van der Waals surface area contributed by atoms with Crippen LogP contribution in [0.4, 0.5) is 5.00 Å². The normalized spacial score (nSPS) is 10.8. The molecule has 6 nitrogen and oxygen atoms in total. The zero-order valence-corrected chi connectivity index (χ0v) is 16.4. The Kier molecular flexibility index (Phi) is 6.51. The molecule has 0 aliphatic heterocycles. The van der Waals surface area contributed by atoms with E-state index in [1.807, 2.05) is 36.4 Å². The Hall–Kier alpha value is -3.76. The van der Waals surface area contributed by atoms with Crippen molar-refractivity contribution < 1.29 is 14.3 Å². The number of thiophene rings is 1. The number of nitrogens with zero attached hydrogens (tertiary/aromatic N) is 2. The zero-order chi connectivity index (χ0) is 20.6. The van der Waals surface area contributed by atoms with Crippen molar-refractivity contribution in [2.75, 3.05) is 11.9 Å². The van der Waals surface area contributed by atoms with Crippen molar-refractivity contribution in [2.24, 2.45) is 0 Å². The van der Waals surface area contributed by atoms with Crippen LogP contribution in [0.3, 0.4) is 0 Å². The van der Waals surface area contributed by atoms with Crippen molar-refractivity contribution in [3.8, 4) is 17.2 Å². The van der Waals surface area contributed by atoms with E-state index in [0.717, 1.165) is 5.56 Å². The van der Waals surface area contributed by atoms with Crippen LogP contribution in [0.2, 0.25) is 0 Å². The second-order valence-electron chi connectivity index (χ2n) is 5.85. The predicted octanol–water partition coefficient (Wildman–Crippen LogP) is 4.53. The van der Waals surface area contributed by atoms with Crippen LogP contribution in [0.1, 0.15) is 22.8 Å². The predicted molar refractivity (Wildman–Crippen MR) is 112 cm³/mol. The third-order valence-electron chi connectivity index (χ3n) is 3.94. The van der Waals surface area contributed by atoms with Crippen LogP contribution in [0.15, 0.2) is 65.8 Å². The first-order chi connectivity index (χ1) is 14.1. The molecule has 0 atom stereocenters. The molecular formula is C22H17N3O3S. The Bertz CT molecular complexity index is 1080. The van der Waals surface area contributed by atoms with Gasteiger partial charge in [-0.1, -0.05) is 36.4 Å². The Balaban J connectivity index is 1.95. The molecule has 1 aromatic carbocycles. The van der Waals surface area contributed by atoms with E-state index >= 15 is 0 Å². The van der Waals surface area contributed by atoms with Crippen molar-refractivity contribution in [3.63, 3.8) is 0 Å². The molecule has 1 N–H and O–H groups in total. The summed E-state index contributed by atoms with van der Waals surface area (Å²) >= 11 is 1.21. The number of aromatic nitrogens is 1. The molecule has 1 amide bonds. The Morgan fingerprint density at radius 1 is 1.24 bits per heavy atom. The molecular weight excluding hydrogens is 386 g/mol. The maximum absolute atomic E-state index is 12.7. The zero-order valence-electron chi connectivity index (χ0n) is 15.6. The third kappa shape index (κ3) is 4.75. The van der Waals surface area contributed by atoms with E-state index in [0.29, 0.717) is 16.1 Å². The highest BCUT2D eigenvalue weighted by Gasteiger charge is 2.23. The molecule has 0 unspecified atom stereocenters. The lowest BCUT2D eigenvalue weighted by molar-refractivity contribution is -0.112. The number of nitriles is 1. The third-order valence-corrected chi connectivity index (χ3v) is 4.84. The largest absolute Gasteiger partial charge is 0.462 e. The fourth-order valence-corrected chi connectivity index (χ4v) is 3.59. The van der Waals surface area contributed by atoms with Crippen molar-refractivity contribution in [1.29, 1.82) is 5.26 Å². The molecule has 0 spiro atoms. The maximum atomic E-state index is 12.7. The first-order valence-electron chi connectivity index (χ1n) is 8.81. The number of carbonyl (C=O) groups is 2. The van der Waals surface area contributed by atoms with Gasteiger partial charge in [-0.3, -0.25) is 9.78 Å². The number of anilines is 1. The van der Waals surface area contributed by atoms with Gasteiger partial charge in [0, 0.05) is 23.3 Å². The van der Waals surface area contributed by atoms with E-state index in [9.17, 15) is 14.9 Å². The number of nitrogens with one attached hydrogen (secondary N) is 1. The summed E-state index contributed by atoms with van der Waals surface area (Å²) in [5, 5.41) is 14.2. The number of rotatable bonds is 6. The highest BCUT2D eigenvalue weighted by atomic mass is 32.1. The van der Waals surface area contributed by atoms with Crippen LogP contribution >= 0.6 is 11.3 Å². The molecule has 144 valence electrons. The van der Waals surface area contributed by atoms with Gasteiger partial charge in [-0.25, -0.2) is 4.79 Å². The van der Waals surface area contributed by atoms with Gasteiger partial charge in [0.2, 0.25) is 0 Å². The number of carbonyl (C=O) groups excluding carboxylic acids is 2. The molecule has 3 aromatic rings. The van der Waals surface area contributed by atoms with Crippen LogP contribution in [-0.2, 0) is 9.53 Å². The summed E-state index contributed by atoms with van der Waals surface area (Å²) in [7, 11) is 0. The lowest BCUT2D eigenvalue weighted by Crippen LogP contribution is -2.16. The molecule has 0 saturated heterocycles. The Morgan fingerprint density at radius 2 is 2.03 bits per heavy atom. The van der Waals surface area contributed by atoms with Gasteiger partial charge in [-0.15, -0.1) is 11.3 Å². The first-order valence-corrected chi connectivity index (χ1v) is 9.69. The van der Waals surface area contributed by atoms with E-state index < -0.39 is 11.9 Å². The van der Waals surface area contributed by atoms with E-state index in [1.54, 1.807) is 36.8 Å². The minimum Gasteiger partial charge on any atom is -0.462 e. The molecule has 3 rings (SSSR count). The number of pyridine rings is 1. The van der Waals surface area contributed by atoms with E-state index in [2.05, 4.69) is 10.3 Å². The van der Waals surface area contributed by atoms with Crippen molar-refractivity contribution >= 4 is 34.3 Å². The smallest absolute Gasteiger partial charge is 0.341 e. The number of benzene rings is 1. The Labute approximate surface area is 172 Å². The summed E-state index contributed by atoms with van der Waals surface area (Å²) in [6.45, 7) is 1.93. The van der Waals surface area contributed by atoms with Gasteiger partial charge in [-0.2, -0.15) is 5.26 Å². The summed E-state index contributed by atoms with van der Waals surface area (Å²) in [5.74, 6) is -1.14. The average molecular weight is 403 g/mol. The molecule has 29 heavy (non-hydrogen) atoms. The maximum Gasteiger partial charge on any atom is 0.341 e. The summed E-state index contributed by atoms with van der Waals surface area (Å²) in [5.41, 5.74) is 2.30. The van der Waals surface area contributed by atoms with Crippen molar-refractivity contribution in [3.05, 3.63) is 76.9 Å². The minimum absolute atomic E-state index is 0.0949. The summed E-state index contributed by atoms with van der Waals surface area (Å²) in [6.07, 6.45) is 4.59. The van der Waals surface area contributed by atoms with Crippen LogP contribution in [-0.4, -0.2) is 23.5 Å². The summed E-state index contributed by atoms with van der Waals surface area (Å²) in [4.78, 5) is 29.2. The topological polar surface area (TPSA) is 92.1 Å². The molecule has 0 radical (unpaired) electrons. The summed E-state index contributed by atoms with van der Waals surface area (Å²) < 4.78 is 5.18. The van der Waals surface area contributed by atoms with Gasteiger partial charge < -0.3 is 10.1 Å². The van der Waals surface area contributed by atoms with Gasteiger partial charge in [-0.05, 0) is 30.2 Å². The van der Waals surface area contributed by atoms with Gasteiger partial charge in [0.1, 0.15) is 22.2 Å². The second kappa shape index (κ2) is 9.44. The van der Waals surface area contributed by atoms with E-state index in [1.165, 1.54) is 17.4 Å². The highest BCUT2D eigenvalue weighted by Crippen LogP contribution is 2.36. The quantitative estimate of drug-likeness (QED) is 0.371. The number of hydrogen-bond donors (Lipinski definition) is 1. The second-order valence-corrected chi connectivity index (χ2v) is 6.73. The summed E-state index contributed by atoms with van der Waals surface area (Å²) in [6, 6.07) is 14.7. The van der Waals surface area contributed by atoms with Crippen LogP contribution in [0, 0.1) is 11.3 Å². The fraction of sp³-hybridized carbons (Fsp3) is 0.0909. The minimum atomic E-state index is -0.608. The molecule has 0 aliphatic rings. The lowest BCUT2D eigenvalue weighted by Gasteiger charge is -2.08. The monoisotopic (exact) mass is 403 g/mol. The number of hydrogen-bond acceptors (Lipinski definition) is 6. The number of ether oxygens (including phenoxy) is 1.